The SMILES string of the molecule is O=C([O-])C1CCOCC1. The van der Waals surface area contributed by atoms with Crippen LogP contribution in [0.5, 0.6) is 0 Å². The van der Waals surface area contributed by atoms with E-state index in [-0.39, 0.29) is 5.92 Å². The summed E-state index contributed by atoms with van der Waals surface area (Å²) in [6.45, 7) is 1.14. The van der Waals surface area contributed by atoms with Crippen LogP contribution in [0.4, 0.5) is 0 Å². The highest BCUT2D eigenvalue weighted by atomic mass is 16.5. The second kappa shape index (κ2) is 2.82. The summed E-state index contributed by atoms with van der Waals surface area (Å²) in [4.78, 5) is 10.2. The van der Waals surface area contributed by atoms with Crippen molar-refractivity contribution in [3.8, 4) is 0 Å². The van der Waals surface area contributed by atoms with E-state index >= 15 is 0 Å². The lowest BCUT2D eigenvalue weighted by Gasteiger charge is -2.22. The van der Waals surface area contributed by atoms with Crippen molar-refractivity contribution in [2.24, 2.45) is 5.92 Å². The standard InChI is InChI=1S/C6H10O3/c7-6(8)5-1-3-9-4-2-5/h5H,1-4H2,(H,7,8)/p-1. The Balaban J connectivity index is 2.31. The second-order valence-corrected chi connectivity index (χ2v) is 2.21. The van der Waals surface area contributed by atoms with Crippen LogP contribution in [0, 0.1) is 5.92 Å². The van der Waals surface area contributed by atoms with Gasteiger partial charge in [-0.25, -0.2) is 0 Å². The molecule has 1 rings (SSSR count). The Morgan fingerprint density at radius 3 is 2.33 bits per heavy atom. The molecule has 0 saturated carbocycles. The third-order valence-electron chi connectivity index (χ3n) is 1.55. The summed E-state index contributed by atoms with van der Waals surface area (Å²) in [7, 11) is 0. The van der Waals surface area contributed by atoms with Crippen LogP contribution in [0.15, 0.2) is 0 Å². The molecule has 0 radical (unpaired) electrons. The number of carboxylic acids is 1. The van der Waals surface area contributed by atoms with E-state index < -0.39 is 5.97 Å². The number of rotatable bonds is 1. The third kappa shape index (κ3) is 1.68. The van der Waals surface area contributed by atoms with Crippen LogP contribution in [0.25, 0.3) is 0 Å². The maximum Gasteiger partial charge on any atom is 0.0472 e. The second-order valence-electron chi connectivity index (χ2n) is 2.21. The van der Waals surface area contributed by atoms with Gasteiger partial charge < -0.3 is 14.6 Å². The van der Waals surface area contributed by atoms with Crippen molar-refractivity contribution in [1.82, 2.24) is 0 Å². The molecule has 0 unspecified atom stereocenters. The van der Waals surface area contributed by atoms with Gasteiger partial charge in [-0.15, -0.1) is 0 Å². The first-order valence-electron chi connectivity index (χ1n) is 3.09. The van der Waals surface area contributed by atoms with Crippen molar-refractivity contribution >= 4 is 5.97 Å². The first kappa shape index (κ1) is 6.55. The highest BCUT2D eigenvalue weighted by Gasteiger charge is 2.13. The Hall–Kier alpha value is -0.570. The van der Waals surface area contributed by atoms with Crippen LogP contribution in [0.3, 0.4) is 0 Å². The molecule has 1 heterocycles. The van der Waals surface area contributed by atoms with Crippen molar-refractivity contribution in [3.63, 3.8) is 0 Å². The zero-order valence-electron chi connectivity index (χ0n) is 5.13. The predicted octanol–water partition coefficient (Wildman–Crippen LogP) is -0.837. The van der Waals surface area contributed by atoms with Crippen LogP contribution in [-0.2, 0) is 9.53 Å². The molecular formula is C6H9O3-. The summed E-state index contributed by atoms with van der Waals surface area (Å²) in [5, 5.41) is 10.2. The summed E-state index contributed by atoms with van der Waals surface area (Å²) in [6, 6.07) is 0. The van der Waals surface area contributed by atoms with Gasteiger partial charge >= 0.3 is 0 Å². The van der Waals surface area contributed by atoms with Gasteiger partial charge in [-0.1, -0.05) is 0 Å². The summed E-state index contributed by atoms with van der Waals surface area (Å²) < 4.78 is 4.96. The van der Waals surface area contributed by atoms with Gasteiger partial charge in [0.1, 0.15) is 0 Å². The van der Waals surface area contributed by atoms with E-state index in [2.05, 4.69) is 0 Å². The fourth-order valence-corrected chi connectivity index (χ4v) is 0.933. The Bertz CT molecular complexity index is 105. The number of ether oxygens (including phenoxy) is 1. The van der Waals surface area contributed by atoms with Gasteiger partial charge in [0.2, 0.25) is 0 Å². The average Bonchev–Trinajstić information content (AvgIpc) is 1.90. The summed E-state index contributed by atoms with van der Waals surface area (Å²) >= 11 is 0. The Kier molecular flexibility index (Phi) is 2.05. The van der Waals surface area contributed by atoms with Crippen LogP contribution < -0.4 is 5.11 Å². The van der Waals surface area contributed by atoms with Crippen LogP contribution in [-0.4, -0.2) is 19.2 Å². The van der Waals surface area contributed by atoms with Gasteiger partial charge in [-0.3, -0.25) is 0 Å². The van der Waals surface area contributed by atoms with E-state index in [4.69, 9.17) is 4.74 Å². The molecular weight excluding hydrogens is 120 g/mol. The van der Waals surface area contributed by atoms with Crippen molar-refractivity contribution in [1.29, 1.82) is 0 Å². The average molecular weight is 129 g/mol. The summed E-state index contributed by atoms with van der Waals surface area (Å²) in [5.74, 6) is -1.20. The highest BCUT2D eigenvalue weighted by molar-refractivity contribution is 5.67. The lowest BCUT2D eigenvalue weighted by atomic mass is 10.0. The maximum absolute atomic E-state index is 10.2. The van der Waals surface area contributed by atoms with Crippen LogP contribution in [0.2, 0.25) is 0 Å². The number of carbonyl (C=O) groups is 1. The normalized spacial score (nSPS) is 21.8. The van der Waals surface area contributed by atoms with Gasteiger partial charge in [0, 0.05) is 25.1 Å². The lowest BCUT2D eigenvalue weighted by molar-refractivity contribution is -0.313. The minimum Gasteiger partial charge on any atom is -0.550 e. The van der Waals surface area contributed by atoms with E-state index in [1.165, 1.54) is 0 Å². The van der Waals surface area contributed by atoms with E-state index in [9.17, 15) is 9.90 Å². The predicted molar refractivity (Wildman–Crippen MR) is 28.5 cm³/mol. The van der Waals surface area contributed by atoms with Crippen molar-refractivity contribution < 1.29 is 14.6 Å². The fraction of sp³-hybridized carbons (Fsp3) is 0.833. The molecule has 3 heteroatoms. The van der Waals surface area contributed by atoms with Gasteiger partial charge in [0.15, 0.2) is 0 Å². The number of hydrogen-bond donors (Lipinski definition) is 0. The molecule has 1 saturated heterocycles. The van der Waals surface area contributed by atoms with E-state index in [0.29, 0.717) is 26.1 Å². The van der Waals surface area contributed by atoms with Gasteiger partial charge in [-0.05, 0) is 12.8 Å². The number of carbonyl (C=O) groups excluding carboxylic acids is 1. The third-order valence-corrected chi connectivity index (χ3v) is 1.55. The molecule has 1 aliphatic rings. The number of carboxylic acid groups (broad SMARTS) is 1. The fourth-order valence-electron chi connectivity index (χ4n) is 0.933. The molecule has 0 aromatic rings. The minimum absolute atomic E-state index is 0.265. The number of aliphatic carboxylic acids is 1. The minimum atomic E-state index is -0.932. The van der Waals surface area contributed by atoms with Crippen molar-refractivity contribution in [2.75, 3.05) is 13.2 Å². The van der Waals surface area contributed by atoms with Gasteiger partial charge in [0.05, 0.1) is 0 Å². The lowest BCUT2D eigenvalue weighted by Crippen LogP contribution is -2.34. The molecule has 0 bridgehead atoms. The molecule has 0 aromatic carbocycles. The van der Waals surface area contributed by atoms with Crippen LogP contribution in [0.1, 0.15) is 12.8 Å². The molecule has 0 spiro atoms. The monoisotopic (exact) mass is 129 g/mol. The zero-order valence-corrected chi connectivity index (χ0v) is 5.13. The zero-order chi connectivity index (χ0) is 6.69. The summed E-state index contributed by atoms with van der Waals surface area (Å²) in [6.07, 6.45) is 1.23. The first-order chi connectivity index (χ1) is 4.30. The van der Waals surface area contributed by atoms with Crippen molar-refractivity contribution in [3.05, 3.63) is 0 Å². The van der Waals surface area contributed by atoms with Gasteiger partial charge in [0.25, 0.3) is 0 Å². The molecule has 1 fully saturated rings. The van der Waals surface area contributed by atoms with Crippen LogP contribution >= 0.6 is 0 Å². The van der Waals surface area contributed by atoms with E-state index in [0.717, 1.165) is 0 Å². The highest BCUT2D eigenvalue weighted by Crippen LogP contribution is 2.12. The van der Waals surface area contributed by atoms with E-state index in [1.54, 1.807) is 0 Å². The quantitative estimate of drug-likeness (QED) is 0.464. The number of hydrogen-bond acceptors (Lipinski definition) is 3. The van der Waals surface area contributed by atoms with Gasteiger partial charge in [-0.2, -0.15) is 0 Å². The topological polar surface area (TPSA) is 49.4 Å². The largest absolute Gasteiger partial charge is 0.550 e. The smallest absolute Gasteiger partial charge is 0.0472 e. The molecule has 0 amide bonds. The molecule has 1 aliphatic heterocycles. The molecule has 9 heavy (non-hydrogen) atoms. The van der Waals surface area contributed by atoms with Crippen molar-refractivity contribution in [2.45, 2.75) is 12.8 Å². The Morgan fingerprint density at radius 1 is 1.44 bits per heavy atom. The maximum atomic E-state index is 10.2. The molecule has 0 aromatic heterocycles. The molecule has 52 valence electrons. The van der Waals surface area contributed by atoms with E-state index in [1.807, 2.05) is 0 Å². The molecule has 0 N–H and O–H groups in total. The first-order valence-corrected chi connectivity index (χ1v) is 3.09. The Morgan fingerprint density at radius 2 is 2.00 bits per heavy atom. The molecule has 0 aliphatic carbocycles. The summed E-state index contributed by atoms with van der Waals surface area (Å²) in [5.41, 5.74) is 0. The Labute approximate surface area is 53.6 Å². The molecule has 0 atom stereocenters. The molecule has 3 nitrogen and oxygen atoms in total.